The molecule has 0 unspecified atom stereocenters. The predicted octanol–water partition coefficient (Wildman–Crippen LogP) is 1.08. The van der Waals surface area contributed by atoms with Gasteiger partial charge in [-0.05, 0) is 62.2 Å². The fraction of sp³-hybridized carbons (Fsp3) is 0.900. The molecule has 0 aromatic carbocycles. The molecule has 0 amide bonds. The molecular weight excluding hydrogens is 320 g/mol. The topological polar surface area (TPSA) is 101 Å². The maximum absolute atomic E-state index is 11.1. The van der Waals surface area contributed by atoms with E-state index in [4.69, 9.17) is 0 Å². The Kier molecular flexibility index (Phi) is 5.35. The number of rotatable bonds is 4. The normalized spacial score (nSPS) is 49.3. The van der Waals surface area contributed by atoms with Gasteiger partial charge < -0.3 is 25.5 Å². The first-order valence-electron chi connectivity index (χ1n) is 9.71. The lowest BCUT2D eigenvalue weighted by molar-refractivity contribution is -0.0710. The highest BCUT2D eigenvalue weighted by atomic mass is 16.3. The quantitative estimate of drug-likeness (QED) is 0.486. The monoisotopic (exact) mass is 354 g/mol. The summed E-state index contributed by atoms with van der Waals surface area (Å²) in [7, 11) is 0. The number of aliphatic hydroxyl groups is 5. The van der Waals surface area contributed by atoms with Gasteiger partial charge >= 0.3 is 0 Å². The Morgan fingerprint density at radius 1 is 1.20 bits per heavy atom. The van der Waals surface area contributed by atoms with E-state index in [0.717, 1.165) is 19.3 Å². The molecule has 0 saturated heterocycles. The van der Waals surface area contributed by atoms with Crippen molar-refractivity contribution in [3.8, 4) is 0 Å². The average molecular weight is 354 g/mol. The Hall–Kier alpha value is -0.460. The maximum atomic E-state index is 11.1. The van der Waals surface area contributed by atoms with Gasteiger partial charge in [0.05, 0.1) is 11.7 Å². The first-order valence-corrected chi connectivity index (χ1v) is 9.71. The summed E-state index contributed by atoms with van der Waals surface area (Å²) in [6.45, 7) is 4.01. The molecule has 5 nitrogen and oxygen atoms in total. The summed E-state index contributed by atoms with van der Waals surface area (Å²) in [5.41, 5.74) is 0.186. The number of aliphatic hydroxyl groups excluding tert-OH is 4. The Labute approximate surface area is 150 Å². The van der Waals surface area contributed by atoms with Crippen molar-refractivity contribution in [3.63, 3.8) is 0 Å². The van der Waals surface area contributed by atoms with E-state index in [0.29, 0.717) is 12.8 Å². The molecule has 0 aromatic heterocycles. The van der Waals surface area contributed by atoms with Gasteiger partial charge in [-0.1, -0.05) is 18.6 Å². The molecule has 7 atom stereocenters. The highest BCUT2D eigenvalue weighted by molar-refractivity contribution is 5.26. The molecule has 0 spiro atoms. The summed E-state index contributed by atoms with van der Waals surface area (Å²) in [5, 5.41) is 50.8. The number of hydrogen-bond acceptors (Lipinski definition) is 5. The SMILES string of the molecule is C[C@@]12CC[C@@H](C(CO)CO)/C1=C/C[C@@](C)(O)[C@@H]1[C@@H](C2)[C@@H](CO)C[C@@H]1O. The van der Waals surface area contributed by atoms with Gasteiger partial charge in [-0.3, -0.25) is 0 Å². The second-order valence-electron chi connectivity index (χ2n) is 9.19. The molecule has 3 aliphatic rings. The molecule has 0 heterocycles. The second kappa shape index (κ2) is 6.93. The van der Waals surface area contributed by atoms with Crippen molar-refractivity contribution in [2.45, 2.75) is 57.7 Å². The molecule has 0 aliphatic heterocycles. The lowest BCUT2D eigenvalue weighted by Gasteiger charge is -2.43. The van der Waals surface area contributed by atoms with Gasteiger partial charge in [0.25, 0.3) is 0 Å². The van der Waals surface area contributed by atoms with Gasteiger partial charge in [-0.25, -0.2) is 0 Å². The third-order valence-corrected chi connectivity index (χ3v) is 7.54. The van der Waals surface area contributed by atoms with Crippen molar-refractivity contribution in [3.05, 3.63) is 11.6 Å². The van der Waals surface area contributed by atoms with Crippen LogP contribution >= 0.6 is 0 Å². The van der Waals surface area contributed by atoms with Gasteiger partial charge in [-0.2, -0.15) is 0 Å². The molecule has 2 fully saturated rings. The molecule has 0 bridgehead atoms. The largest absolute Gasteiger partial charge is 0.396 e. The van der Waals surface area contributed by atoms with Crippen LogP contribution in [0.4, 0.5) is 0 Å². The van der Waals surface area contributed by atoms with E-state index in [9.17, 15) is 25.5 Å². The van der Waals surface area contributed by atoms with E-state index in [2.05, 4.69) is 13.0 Å². The zero-order valence-corrected chi connectivity index (χ0v) is 15.4. The summed E-state index contributed by atoms with van der Waals surface area (Å²) >= 11 is 0. The molecule has 25 heavy (non-hydrogen) atoms. The molecule has 0 aromatic rings. The van der Waals surface area contributed by atoms with Crippen LogP contribution in [-0.2, 0) is 0 Å². The summed E-state index contributed by atoms with van der Waals surface area (Å²) < 4.78 is 0. The number of fused-ring (bicyclic) bond motifs is 2. The molecule has 3 rings (SSSR count). The number of allylic oxidation sites excluding steroid dienone is 1. The van der Waals surface area contributed by atoms with Crippen LogP contribution in [0.1, 0.15) is 46.0 Å². The first kappa shape index (κ1) is 19.3. The third kappa shape index (κ3) is 3.19. The van der Waals surface area contributed by atoms with Gasteiger partial charge in [-0.15, -0.1) is 0 Å². The molecule has 5 heteroatoms. The average Bonchev–Trinajstić information content (AvgIpc) is 3.03. The summed E-state index contributed by atoms with van der Waals surface area (Å²) in [5.74, 6) is -0.121. The van der Waals surface area contributed by atoms with E-state index >= 15 is 0 Å². The van der Waals surface area contributed by atoms with Crippen LogP contribution in [0.2, 0.25) is 0 Å². The highest BCUT2D eigenvalue weighted by Crippen LogP contribution is 2.58. The lowest BCUT2D eigenvalue weighted by atomic mass is 9.64. The molecule has 5 N–H and O–H groups in total. The predicted molar refractivity (Wildman–Crippen MR) is 94.6 cm³/mol. The standard InChI is InChI=1S/C20H34O5/c1-19-5-3-14(13(10-22)11-23)16(19)4-6-20(2,25)18-15(8-19)12(9-21)7-17(18)24/h4,12-15,17-18,21-25H,3,5-11H2,1-2H3/b16-4-/t12-,14+,15+,17+,18-,19+,20-/m1/s1. The van der Waals surface area contributed by atoms with Crippen molar-refractivity contribution in [1.29, 1.82) is 0 Å². The minimum atomic E-state index is -1.01. The number of hydrogen-bond donors (Lipinski definition) is 5. The van der Waals surface area contributed by atoms with Crippen molar-refractivity contribution >= 4 is 0 Å². The Balaban J connectivity index is 1.98. The van der Waals surface area contributed by atoms with Crippen molar-refractivity contribution in [1.82, 2.24) is 0 Å². The minimum Gasteiger partial charge on any atom is -0.396 e. The lowest BCUT2D eigenvalue weighted by Crippen LogP contribution is -2.45. The van der Waals surface area contributed by atoms with Crippen LogP contribution in [0, 0.1) is 35.0 Å². The molecule has 2 saturated carbocycles. The fourth-order valence-electron chi connectivity index (χ4n) is 6.20. The van der Waals surface area contributed by atoms with Crippen LogP contribution in [-0.4, -0.2) is 57.1 Å². The summed E-state index contributed by atoms with van der Waals surface area (Å²) in [4.78, 5) is 0. The van der Waals surface area contributed by atoms with Crippen LogP contribution in [0.5, 0.6) is 0 Å². The van der Waals surface area contributed by atoms with Crippen LogP contribution in [0.15, 0.2) is 11.6 Å². The molecule has 0 radical (unpaired) electrons. The molecular formula is C20H34O5. The van der Waals surface area contributed by atoms with Gasteiger partial charge in [0.15, 0.2) is 0 Å². The minimum absolute atomic E-state index is 0.0215. The van der Waals surface area contributed by atoms with Crippen molar-refractivity contribution in [2.75, 3.05) is 19.8 Å². The molecule has 144 valence electrons. The first-order chi connectivity index (χ1) is 11.8. The van der Waals surface area contributed by atoms with Crippen LogP contribution in [0.25, 0.3) is 0 Å². The second-order valence-corrected chi connectivity index (χ2v) is 9.19. The summed E-state index contributed by atoms with van der Waals surface area (Å²) in [6, 6.07) is 0. The van der Waals surface area contributed by atoms with E-state index in [-0.39, 0.29) is 54.8 Å². The van der Waals surface area contributed by atoms with Gasteiger partial charge in [0.2, 0.25) is 0 Å². The third-order valence-electron chi connectivity index (χ3n) is 7.54. The van der Waals surface area contributed by atoms with E-state index in [1.54, 1.807) is 6.92 Å². The smallest absolute Gasteiger partial charge is 0.0709 e. The van der Waals surface area contributed by atoms with Crippen LogP contribution < -0.4 is 0 Å². The Bertz CT molecular complexity index is 512. The zero-order valence-electron chi connectivity index (χ0n) is 15.4. The van der Waals surface area contributed by atoms with Crippen molar-refractivity contribution in [2.24, 2.45) is 35.0 Å². The van der Waals surface area contributed by atoms with Gasteiger partial charge in [0, 0.05) is 31.7 Å². The fourth-order valence-corrected chi connectivity index (χ4v) is 6.20. The zero-order chi connectivity index (χ0) is 18.4. The van der Waals surface area contributed by atoms with Crippen molar-refractivity contribution < 1.29 is 25.5 Å². The molecule has 3 aliphatic carbocycles. The van der Waals surface area contributed by atoms with E-state index < -0.39 is 11.7 Å². The van der Waals surface area contributed by atoms with Crippen LogP contribution in [0.3, 0.4) is 0 Å². The van der Waals surface area contributed by atoms with E-state index in [1.165, 1.54) is 5.57 Å². The van der Waals surface area contributed by atoms with Gasteiger partial charge in [0.1, 0.15) is 0 Å². The van der Waals surface area contributed by atoms with E-state index in [1.807, 2.05) is 0 Å². The Morgan fingerprint density at radius 3 is 2.48 bits per heavy atom. The summed E-state index contributed by atoms with van der Waals surface area (Å²) in [6.07, 6.45) is 5.31. The Morgan fingerprint density at radius 2 is 1.88 bits per heavy atom. The highest BCUT2D eigenvalue weighted by Gasteiger charge is 2.55. The maximum Gasteiger partial charge on any atom is 0.0709 e.